The molecule has 2 N–H and O–H groups in total. The van der Waals surface area contributed by atoms with Crippen LogP contribution in [0.4, 0.5) is 0 Å². The fourth-order valence-electron chi connectivity index (χ4n) is 2.84. The molecule has 2 heterocycles. The summed E-state index contributed by atoms with van der Waals surface area (Å²) in [7, 11) is 1.58. The lowest BCUT2D eigenvalue weighted by Gasteiger charge is -2.11. The number of carbonyl (C=O) groups excluding carboxylic acids is 1. The average molecular weight is 408 g/mol. The number of hydrogen-bond acceptors (Lipinski definition) is 7. The SMILES string of the molecule is COc1ccccc1OCCNC(=O)CSc1n[nH]c(=O)n1C[C@@H]1CCCO1. The fraction of sp³-hybridized carbons (Fsp3) is 0.500. The van der Waals surface area contributed by atoms with E-state index in [2.05, 4.69) is 15.5 Å². The maximum absolute atomic E-state index is 12.1. The van der Waals surface area contributed by atoms with Crippen LogP contribution in [0.15, 0.2) is 34.2 Å². The van der Waals surface area contributed by atoms with Gasteiger partial charge in [0.15, 0.2) is 16.7 Å². The first-order valence-corrected chi connectivity index (χ1v) is 10.1. The van der Waals surface area contributed by atoms with Gasteiger partial charge in [-0.3, -0.25) is 9.36 Å². The molecule has 28 heavy (non-hydrogen) atoms. The lowest BCUT2D eigenvalue weighted by molar-refractivity contribution is -0.118. The standard InChI is InChI=1S/C18H24N4O5S/c1-25-14-6-2-3-7-15(14)27-10-8-19-16(23)12-28-18-21-20-17(24)22(18)11-13-5-4-9-26-13/h2-3,6-7,13H,4-5,8-12H2,1H3,(H,19,23)(H,20,24)/t13-/m0/s1. The number of aromatic nitrogens is 3. The van der Waals surface area contributed by atoms with Gasteiger partial charge in [-0.2, -0.15) is 0 Å². The third-order valence-electron chi connectivity index (χ3n) is 4.22. The number of benzene rings is 1. The largest absolute Gasteiger partial charge is 0.493 e. The summed E-state index contributed by atoms with van der Waals surface area (Å²) in [5.74, 6) is 1.27. The van der Waals surface area contributed by atoms with Crippen LogP contribution in [-0.2, 0) is 16.1 Å². The highest BCUT2D eigenvalue weighted by atomic mass is 32.2. The molecular weight excluding hydrogens is 384 g/mol. The van der Waals surface area contributed by atoms with E-state index in [1.54, 1.807) is 13.2 Å². The number of carbonyl (C=O) groups is 1. The number of aromatic amines is 1. The zero-order valence-electron chi connectivity index (χ0n) is 15.7. The quantitative estimate of drug-likeness (QED) is 0.447. The molecule has 9 nitrogen and oxygen atoms in total. The molecule has 0 saturated carbocycles. The van der Waals surface area contributed by atoms with Crippen LogP contribution in [0.1, 0.15) is 12.8 Å². The van der Waals surface area contributed by atoms with E-state index < -0.39 is 0 Å². The molecule has 0 radical (unpaired) electrons. The molecule has 3 rings (SSSR count). The Hall–Kier alpha value is -2.46. The summed E-state index contributed by atoms with van der Waals surface area (Å²) in [6, 6.07) is 7.33. The zero-order valence-corrected chi connectivity index (χ0v) is 16.5. The fourth-order valence-corrected chi connectivity index (χ4v) is 3.62. The third-order valence-corrected chi connectivity index (χ3v) is 5.19. The van der Waals surface area contributed by atoms with Gasteiger partial charge >= 0.3 is 5.69 Å². The normalized spacial score (nSPS) is 16.1. The predicted octanol–water partition coefficient (Wildman–Crippen LogP) is 1.05. The minimum Gasteiger partial charge on any atom is -0.493 e. The van der Waals surface area contributed by atoms with Crippen molar-refractivity contribution < 1.29 is 19.0 Å². The van der Waals surface area contributed by atoms with E-state index in [0.29, 0.717) is 36.4 Å². The Morgan fingerprint density at radius 1 is 1.43 bits per heavy atom. The lowest BCUT2D eigenvalue weighted by atomic mass is 10.2. The molecule has 1 aromatic carbocycles. The predicted molar refractivity (Wildman–Crippen MR) is 104 cm³/mol. The first kappa shape index (κ1) is 20.3. The number of amides is 1. The Morgan fingerprint density at radius 3 is 3.00 bits per heavy atom. The van der Waals surface area contributed by atoms with Gasteiger partial charge in [-0.25, -0.2) is 9.89 Å². The van der Waals surface area contributed by atoms with Gasteiger partial charge in [0.1, 0.15) is 6.61 Å². The molecule has 1 fully saturated rings. The van der Waals surface area contributed by atoms with E-state index >= 15 is 0 Å². The van der Waals surface area contributed by atoms with Crippen molar-refractivity contribution in [2.45, 2.75) is 30.6 Å². The van der Waals surface area contributed by atoms with Crippen molar-refractivity contribution in [1.82, 2.24) is 20.1 Å². The number of methoxy groups -OCH3 is 1. The molecule has 2 aromatic rings. The summed E-state index contributed by atoms with van der Waals surface area (Å²) >= 11 is 1.21. The van der Waals surface area contributed by atoms with E-state index in [9.17, 15) is 9.59 Å². The Morgan fingerprint density at radius 2 is 2.25 bits per heavy atom. The summed E-state index contributed by atoms with van der Waals surface area (Å²) in [6.45, 7) is 1.86. The van der Waals surface area contributed by atoms with Crippen LogP contribution in [0.3, 0.4) is 0 Å². The maximum Gasteiger partial charge on any atom is 0.344 e. The Labute approximate surface area is 166 Å². The molecule has 1 amide bonds. The van der Waals surface area contributed by atoms with Gasteiger partial charge in [-0.15, -0.1) is 5.10 Å². The second kappa shape index (κ2) is 10.2. The molecule has 0 aliphatic carbocycles. The van der Waals surface area contributed by atoms with Gasteiger partial charge < -0.3 is 19.5 Å². The topological polar surface area (TPSA) is 107 Å². The number of H-pyrrole nitrogens is 1. The molecular formula is C18H24N4O5S. The number of nitrogens with one attached hydrogen (secondary N) is 2. The van der Waals surface area contributed by atoms with Crippen LogP contribution in [0.25, 0.3) is 0 Å². The highest BCUT2D eigenvalue weighted by molar-refractivity contribution is 7.99. The van der Waals surface area contributed by atoms with Crippen molar-refractivity contribution in [2.75, 3.05) is 32.6 Å². The molecule has 0 bridgehead atoms. The first-order valence-electron chi connectivity index (χ1n) is 9.09. The lowest BCUT2D eigenvalue weighted by Crippen LogP contribution is -2.30. The van der Waals surface area contributed by atoms with Crippen LogP contribution >= 0.6 is 11.8 Å². The number of hydrogen-bond donors (Lipinski definition) is 2. The molecule has 1 saturated heterocycles. The van der Waals surface area contributed by atoms with Gasteiger partial charge in [-0.05, 0) is 25.0 Å². The van der Waals surface area contributed by atoms with Gasteiger partial charge in [-0.1, -0.05) is 23.9 Å². The summed E-state index contributed by atoms with van der Waals surface area (Å²) < 4.78 is 17.9. The van der Waals surface area contributed by atoms with Crippen molar-refractivity contribution in [3.05, 3.63) is 34.7 Å². The van der Waals surface area contributed by atoms with Crippen molar-refractivity contribution in [2.24, 2.45) is 0 Å². The van der Waals surface area contributed by atoms with Gasteiger partial charge in [0, 0.05) is 6.61 Å². The first-order chi connectivity index (χ1) is 13.7. The van der Waals surface area contributed by atoms with Crippen molar-refractivity contribution in [1.29, 1.82) is 0 Å². The molecule has 10 heteroatoms. The number of para-hydroxylation sites is 2. The van der Waals surface area contributed by atoms with Crippen LogP contribution < -0.4 is 20.5 Å². The average Bonchev–Trinajstić information content (AvgIpc) is 3.35. The van der Waals surface area contributed by atoms with E-state index in [-0.39, 0.29) is 23.5 Å². The molecule has 0 spiro atoms. The monoisotopic (exact) mass is 408 g/mol. The molecule has 1 aliphatic heterocycles. The number of nitrogens with zero attached hydrogens (tertiary/aromatic N) is 2. The zero-order chi connectivity index (χ0) is 19.8. The highest BCUT2D eigenvalue weighted by Gasteiger charge is 2.20. The van der Waals surface area contributed by atoms with Gasteiger partial charge in [0.2, 0.25) is 5.91 Å². The van der Waals surface area contributed by atoms with E-state index in [1.165, 1.54) is 16.3 Å². The van der Waals surface area contributed by atoms with Crippen LogP contribution in [0, 0.1) is 0 Å². The molecule has 1 aliphatic rings. The molecule has 152 valence electrons. The highest BCUT2D eigenvalue weighted by Crippen LogP contribution is 2.25. The molecule has 1 atom stereocenters. The number of ether oxygens (including phenoxy) is 3. The minimum atomic E-state index is -0.288. The van der Waals surface area contributed by atoms with Crippen LogP contribution in [-0.4, -0.2) is 59.4 Å². The van der Waals surface area contributed by atoms with Crippen molar-refractivity contribution in [3.8, 4) is 11.5 Å². The summed E-state index contributed by atoms with van der Waals surface area (Å²) in [5.41, 5.74) is -0.288. The Balaban J connectivity index is 1.40. The Kier molecular flexibility index (Phi) is 7.38. The summed E-state index contributed by atoms with van der Waals surface area (Å²) in [5, 5.41) is 9.70. The van der Waals surface area contributed by atoms with E-state index in [1.807, 2.05) is 18.2 Å². The smallest absolute Gasteiger partial charge is 0.344 e. The summed E-state index contributed by atoms with van der Waals surface area (Å²) in [4.78, 5) is 24.0. The van der Waals surface area contributed by atoms with Crippen molar-refractivity contribution in [3.63, 3.8) is 0 Å². The van der Waals surface area contributed by atoms with Crippen molar-refractivity contribution >= 4 is 17.7 Å². The maximum atomic E-state index is 12.1. The number of rotatable bonds is 10. The number of thioether (sulfide) groups is 1. The third kappa shape index (κ3) is 5.52. The molecule has 0 unspecified atom stereocenters. The molecule has 1 aromatic heterocycles. The summed E-state index contributed by atoms with van der Waals surface area (Å²) in [6.07, 6.45) is 1.95. The van der Waals surface area contributed by atoms with Crippen LogP contribution in [0.2, 0.25) is 0 Å². The van der Waals surface area contributed by atoms with Gasteiger partial charge in [0.25, 0.3) is 0 Å². The van der Waals surface area contributed by atoms with E-state index in [4.69, 9.17) is 14.2 Å². The second-order valence-electron chi connectivity index (χ2n) is 6.19. The van der Waals surface area contributed by atoms with Gasteiger partial charge in [0.05, 0.1) is 32.1 Å². The van der Waals surface area contributed by atoms with E-state index in [0.717, 1.165) is 19.4 Å². The minimum absolute atomic E-state index is 0.0237. The Bertz CT molecular complexity index is 831. The van der Waals surface area contributed by atoms with Crippen LogP contribution in [0.5, 0.6) is 11.5 Å². The second-order valence-corrected chi connectivity index (χ2v) is 7.14.